The minimum Gasteiger partial charge on any atom is -0.489 e. The number of hydrogen-bond donors (Lipinski definition) is 0. The zero-order valence-corrected chi connectivity index (χ0v) is 21.7. The van der Waals surface area contributed by atoms with Gasteiger partial charge < -0.3 is 4.74 Å². The van der Waals surface area contributed by atoms with Gasteiger partial charge in [0.1, 0.15) is 12.4 Å². The first kappa shape index (κ1) is 25.3. The van der Waals surface area contributed by atoms with Crippen molar-refractivity contribution in [3.05, 3.63) is 76.4 Å². The Hall–Kier alpha value is -2.83. The zero-order valence-electron chi connectivity index (χ0n) is 20.9. The third-order valence-electron chi connectivity index (χ3n) is 6.80. The number of nitrogens with zero attached hydrogens (tertiary/aromatic N) is 4. The van der Waals surface area contributed by atoms with E-state index in [1.807, 2.05) is 71.1 Å². The van der Waals surface area contributed by atoms with E-state index in [2.05, 4.69) is 18.7 Å². The minimum absolute atomic E-state index is 0.112. The number of anilines is 1. The Morgan fingerprint density at radius 1 is 1.06 bits per heavy atom. The molecule has 0 saturated carbocycles. The van der Waals surface area contributed by atoms with Gasteiger partial charge >= 0.3 is 0 Å². The second-order valence-electron chi connectivity index (χ2n) is 9.29. The molecule has 0 aliphatic carbocycles. The Kier molecular flexibility index (Phi) is 8.47. The first-order chi connectivity index (χ1) is 17.0. The van der Waals surface area contributed by atoms with E-state index in [0.29, 0.717) is 43.0 Å². The van der Waals surface area contributed by atoms with Gasteiger partial charge in [0, 0.05) is 42.0 Å². The van der Waals surface area contributed by atoms with E-state index in [1.165, 1.54) is 0 Å². The van der Waals surface area contributed by atoms with Crippen LogP contribution in [-0.2, 0) is 17.9 Å². The van der Waals surface area contributed by atoms with Crippen molar-refractivity contribution < 1.29 is 9.53 Å². The molecule has 1 aliphatic rings. The maximum atomic E-state index is 13.0. The summed E-state index contributed by atoms with van der Waals surface area (Å²) in [5, 5.41) is 5.44. The first-order valence-electron chi connectivity index (χ1n) is 12.5. The highest BCUT2D eigenvalue weighted by Gasteiger charge is 2.28. The standard InChI is InChI=1S/C28H35ClN4O2/c1-4-22(5-2)17-31-13-14-32(28(34)19-31)27-15-21(3)33(30-27)18-24-16-25(29)11-12-26(24)35-20-23-9-7-6-8-10-23/h6-12,15-16,22H,4-5,13-14,17-20H2,1-3H3. The van der Waals surface area contributed by atoms with Crippen LogP contribution in [0.15, 0.2) is 54.6 Å². The number of amides is 1. The smallest absolute Gasteiger partial charge is 0.242 e. The van der Waals surface area contributed by atoms with Crippen LogP contribution in [0.4, 0.5) is 5.82 Å². The van der Waals surface area contributed by atoms with Gasteiger partial charge in [-0.25, -0.2) is 0 Å². The fourth-order valence-corrected chi connectivity index (χ4v) is 4.72. The zero-order chi connectivity index (χ0) is 24.8. The molecule has 1 aromatic heterocycles. The van der Waals surface area contributed by atoms with Gasteiger partial charge in [-0.1, -0.05) is 68.6 Å². The number of ether oxygens (including phenoxy) is 1. The van der Waals surface area contributed by atoms with Crippen LogP contribution in [0.3, 0.4) is 0 Å². The van der Waals surface area contributed by atoms with Crippen molar-refractivity contribution in [3.63, 3.8) is 0 Å². The fraction of sp³-hybridized carbons (Fsp3) is 0.429. The SMILES string of the molecule is CCC(CC)CN1CCN(c2cc(C)n(Cc3cc(Cl)ccc3OCc3ccccc3)n2)C(=O)C1. The lowest BCUT2D eigenvalue weighted by atomic mass is 10.0. The number of aryl methyl sites for hydroxylation is 1. The predicted molar refractivity (Wildman–Crippen MR) is 141 cm³/mol. The number of halogens is 1. The molecule has 1 amide bonds. The van der Waals surface area contributed by atoms with Crippen LogP contribution in [-0.4, -0.2) is 46.8 Å². The summed E-state index contributed by atoms with van der Waals surface area (Å²) in [7, 11) is 0. The van der Waals surface area contributed by atoms with Gasteiger partial charge in [0.2, 0.25) is 5.91 Å². The maximum absolute atomic E-state index is 13.0. The summed E-state index contributed by atoms with van der Waals surface area (Å²) in [5.74, 6) is 2.25. The Morgan fingerprint density at radius 3 is 2.54 bits per heavy atom. The Bertz CT molecular complexity index is 1130. The monoisotopic (exact) mass is 494 g/mol. The molecular weight excluding hydrogens is 460 g/mol. The molecule has 2 aromatic carbocycles. The average Bonchev–Trinajstić information content (AvgIpc) is 3.22. The minimum atomic E-state index is 0.112. The van der Waals surface area contributed by atoms with Crippen LogP contribution in [0.5, 0.6) is 5.75 Å². The Balaban J connectivity index is 1.45. The first-order valence-corrected chi connectivity index (χ1v) is 12.9. The molecule has 0 N–H and O–H groups in total. The van der Waals surface area contributed by atoms with Gasteiger partial charge in [-0.05, 0) is 36.6 Å². The van der Waals surface area contributed by atoms with Gasteiger partial charge in [-0.15, -0.1) is 0 Å². The lowest BCUT2D eigenvalue weighted by Gasteiger charge is -2.34. The largest absolute Gasteiger partial charge is 0.489 e. The summed E-state index contributed by atoms with van der Waals surface area (Å²) in [4.78, 5) is 17.1. The van der Waals surface area contributed by atoms with Crippen LogP contribution < -0.4 is 9.64 Å². The molecule has 6 nitrogen and oxygen atoms in total. The molecule has 3 aromatic rings. The van der Waals surface area contributed by atoms with Crippen LogP contribution >= 0.6 is 11.6 Å². The molecule has 0 spiro atoms. The molecule has 1 fully saturated rings. The Morgan fingerprint density at radius 2 is 1.83 bits per heavy atom. The molecule has 2 heterocycles. The quantitative estimate of drug-likeness (QED) is 0.370. The van der Waals surface area contributed by atoms with Gasteiger partial charge in [0.15, 0.2) is 5.82 Å². The number of benzene rings is 2. The highest BCUT2D eigenvalue weighted by Crippen LogP contribution is 2.26. The molecule has 1 saturated heterocycles. The maximum Gasteiger partial charge on any atom is 0.242 e. The number of aromatic nitrogens is 2. The predicted octanol–water partition coefficient (Wildman–Crippen LogP) is 5.56. The molecule has 1 aliphatic heterocycles. The third-order valence-corrected chi connectivity index (χ3v) is 7.03. The van der Waals surface area contributed by atoms with E-state index in [0.717, 1.165) is 48.5 Å². The van der Waals surface area contributed by atoms with Crippen molar-refractivity contribution in [2.24, 2.45) is 5.92 Å². The van der Waals surface area contributed by atoms with Crippen molar-refractivity contribution in [2.45, 2.75) is 46.8 Å². The summed E-state index contributed by atoms with van der Waals surface area (Å²) in [6.45, 7) is 10.4. The highest BCUT2D eigenvalue weighted by molar-refractivity contribution is 6.30. The molecular formula is C28H35ClN4O2. The van der Waals surface area contributed by atoms with Gasteiger partial charge in [-0.3, -0.25) is 19.3 Å². The molecule has 35 heavy (non-hydrogen) atoms. The molecule has 186 valence electrons. The van der Waals surface area contributed by atoms with Gasteiger partial charge in [0.25, 0.3) is 0 Å². The summed E-state index contributed by atoms with van der Waals surface area (Å²) < 4.78 is 8.04. The third kappa shape index (κ3) is 6.44. The Labute approximate surface area is 213 Å². The molecule has 0 unspecified atom stereocenters. The topological polar surface area (TPSA) is 50.6 Å². The lowest BCUT2D eigenvalue weighted by molar-refractivity contribution is -0.121. The van der Waals surface area contributed by atoms with Crippen molar-refractivity contribution in [2.75, 3.05) is 31.1 Å². The number of hydrogen-bond acceptors (Lipinski definition) is 4. The molecule has 7 heteroatoms. The highest BCUT2D eigenvalue weighted by atomic mass is 35.5. The number of rotatable bonds is 10. The average molecular weight is 495 g/mol. The molecule has 0 atom stereocenters. The molecule has 4 rings (SSSR count). The van der Waals surface area contributed by atoms with Gasteiger partial charge in [-0.2, -0.15) is 5.10 Å². The second kappa shape index (κ2) is 11.7. The van der Waals surface area contributed by atoms with Crippen LogP contribution in [0, 0.1) is 12.8 Å². The van der Waals surface area contributed by atoms with E-state index >= 15 is 0 Å². The van der Waals surface area contributed by atoms with Crippen LogP contribution in [0.1, 0.15) is 43.5 Å². The lowest BCUT2D eigenvalue weighted by Crippen LogP contribution is -2.51. The fourth-order valence-electron chi connectivity index (χ4n) is 4.53. The van der Waals surface area contributed by atoms with Crippen molar-refractivity contribution in [1.29, 1.82) is 0 Å². The summed E-state index contributed by atoms with van der Waals surface area (Å²) in [6, 6.07) is 17.7. The van der Waals surface area contributed by atoms with Gasteiger partial charge in [0.05, 0.1) is 13.1 Å². The second-order valence-corrected chi connectivity index (χ2v) is 9.73. The van der Waals surface area contributed by atoms with E-state index in [9.17, 15) is 4.79 Å². The number of carbonyl (C=O) groups is 1. The van der Waals surface area contributed by atoms with E-state index in [1.54, 1.807) is 0 Å². The van der Waals surface area contributed by atoms with Crippen molar-refractivity contribution in [3.8, 4) is 5.75 Å². The van der Waals surface area contributed by atoms with Crippen molar-refractivity contribution >= 4 is 23.3 Å². The summed E-state index contributed by atoms with van der Waals surface area (Å²) >= 11 is 6.31. The summed E-state index contributed by atoms with van der Waals surface area (Å²) in [6.07, 6.45) is 2.30. The van der Waals surface area contributed by atoms with E-state index in [4.69, 9.17) is 21.4 Å². The number of piperazine rings is 1. The normalized spacial score (nSPS) is 14.7. The van der Waals surface area contributed by atoms with Crippen molar-refractivity contribution in [1.82, 2.24) is 14.7 Å². The van der Waals surface area contributed by atoms with Crippen LogP contribution in [0.25, 0.3) is 0 Å². The van der Waals surface area contributed by atoms with E-state index < -0.39 is 0 Å². The summed E-state index contributed by atoms with van der Waals surface area (Å²) in [5.41, 5.74) is 3.04. The van der Waals surface area contributed by atoms with Crippen LogP contribution in [0.2, 0.25) is 5.02 Å². The molecule has 0 radical (unpaired) electrons. The molecule has 0 bridgehead atoms. The number of carbonyl (C=O) groups excluding carboxylic acids is 1. The van der Waals surface area contributed by atoms with E-state index in [-0.39, 0.29) is 5.91 Å².